The van der Waals surface area contributed by atoms with Gasteiger partial charge in [0.05, 0.1) is 19.0 Å². The molecule has 1 aromatic heterocycles. The first-order chi connectivity index (χ1) is 12.2. The highest BCUT2D eigenvalue weighted by Crippen LogP contribution is 2.24. The zero-order valence-electron chi connectivity index (χ0n) is 14.5. The average molecular weight is 339 g/mol. The van der Waals surface area contributed by atoms with Gasteiger partial charge in [0, 0.05) is 41.9 Å². The van der Waals surface area contributed by atoms with Crippen LogP contribution in [0.1, 0.15) is 42.5 Å². The van der Waals surface area contributed by atoms with Crippen LogP contribution < -0.4 is 0 Å². The average Bonchev–Trinajstić information content (AvgIpc) is 3.01. The van der Waals surface area contributed by atoms with E-state index in [1.807, 2.05) is 35.0 Å². The normalized spacial score (nSPS) is 18.3. The van der Waals surface area contributed by atoms with Crippen molar-refractivity contribution in [2.24, 2.45) is 0 Å². The number of aliphatic hydroxyl groups excluding tert-OH is 1. The third kappa shape index (κ3) is 3.92. The highest BCUT2D eigenvalue weighted by atomic mass is 16.3. The number of nitrogens with zero attached hydrogens (tertiary/aromatic N) is 3. The smallest absolute Gasteiger partial charge is 0.178 e. The molecule has 132 valence electrons. The fourth-order valence-corrected chi connectivity index (χ4v) is 3.84. The Hall–Kier alpha value is -2.16. The largest absolute Gasteiger partial charge is 0.396 e. The molecule has 5 heteroatoms. The second kappa shape index (κ2) is 8.28. The maximum Gasteiger partial charge on any atom is 0.178 e. The predicted molar refractivity (Wildman–Crippen MR) is 97.4 cm³/mol. The number of Topliss-reactive ketones (excluding diaryl/α,β-unsaturated/α-hetero) is 1. The number of fused-ring (bicyclic) bond motifs is 1. The number of piperidine rings is 1. The Kier molecular flexibility index (Phi) is 5.85. The van der Waals surface area contributed by atoms with E-state index in [9.17, 15) is 9.90 Å². The van der Waals surface area contributed by atoms with Crippen LogP contribution in [0.2, 0.25) is 0 Å². The van der Waals surface area contributed by atoms with Gasteiger partial charge >= 0.3 is 0 Å². The molecule has 1 saturated heterocycles. The molecule has 1 atom stereocenters. The maximum atomic E-state index is 13.0. The molecule has 1 aliphatic heterocycles. The molecule has 1 aliphatic rings. The molecular formula is C20H25N3O2. The fourth-order valence-electron chi connectivity index (χ4n) is 3.84. The van der Waals surface area contributed by atoms with E-state index in [-0.39, 0.29) is 12.4 Å². The minimum Gasteiger partial charge on any atom is -0.396 e. The van der Waals surface area contributed by atoms with E-state index in [0.29, 0.717) is 25.6 Å². The molecule has 0 radical (unpaired) electrons. The van der Waals surface area contributed by atoms with Crippen molar-refractivity contribution in [3.05, 3.63) is 36.0 Å². The zero-order valence-corrected chi connectivity index (χ0v) is 14.5. The number of carbonyl (C=O) groups is 1. The molecule has 5 nitrogen and oxygen atoms in total. The summed E-state index contributed by atoms with van der Waals surface area (Å²) >= 11 is 0. The number of carbonyl (C=O) groups excluding carboxylic acids is 1. The number of aryl methyl sites for hydroxylation is 1. The van der Waals surface area contributed by atoms with Gasteiger partial charge in [0.1, 0.15) is 0 Å². The van der Waals surface area contributed by atoms with Crippen LogP contribution in [0.5, 0.6) is 0 Å². The topological polar surface area (TPSA) is 69.3 Å². The van der Waals surface area contributed by atoms with E-state index in [1.165, 1.54) is 6.42 Å². The summed E-state index contributed by atoms with van der Waals surface area (Å²) < 4.78 is 2.01. The lowest BCUT2D eigenvalue weighted by molar-refractivity contribution is 0.0800. The van der Waals surface area contributed by atoms with Crippen molar-refractivity contribution >= 4 is 16.7 Å². The van der Waals surface area contributed by atoms with Crippen molar-refractivity contribution in [2.45, 2.75) is 44.7 Å². The summed E-state index contributed by atoms with van der Waals surface area (Å²) in [5.74, 6) is 0.122. The maximum absolute atomic E-state index is 13.0. The third-order valence-electron chi connectivity index (χ3n) is 5.11. The summed E-state index contributed by atoms with van der Waals surface area (Å²) in [6.45, 7) is 2.09. The lowest BCUT2D eigenvalue weighted by Crippen LogP contribution is -2.43. The number of aromatic nitrogens is 1. The highest BCUT2D eigenvalue weighted by Gasteiger charge is 2.25. The fraction of sp³-hybridized carbons (Fsp3) is 0.500. The van der Waals surface area contributed by atoms with E-state index < -0.39 is 0 Å². The summed E-state index contributed by atoms with van der Waals surface area (Å²) in [5, 5.41) is 19.1. The van der Waals surface area contributed by atoms with Crippen molar-refractivity contribution in [1.82, 2.24) is 9.47 Å². The van der Waals surface area contributed by atoms with Gasteiger partial charge in [-0.15, -0.1) is 0 Å². The molecule has 0 amide bonds. The van der Waals surface area contributed by atoms with E-state index in [2.05, 4.69) is 11.0 Å². The quantitative estimate of drug-likeness (QED) is 0.788. The van der Waals surface area contributed by atoms with Gasteiger partial charge < -0.3 is 9.67 Å². The standard InChI is InChI=1S/C20H25N3O2/c21-10-5-12-23-14-18(17-7-1-2-8-19(17)23)20(25)15-22-11-4-3-6-16(22)9-13-24/h1-2,7-8,14,16,24H,3-6,9,11-13,15H2. The Bertz CT molecular complexity index is 773. The van der Waals surface area contributed by atoms with Crippen LogP contribution in [0.15, 0.2) is 30.5 Å². The van der Waals surface area contributed by atoms with Gasteiger partial charge in [-0.25, -0.2) is 0 Å². The van der Waals surface area contributed by atoms with Crippen molar-refractivity contribution in [3.8, 4) is 6.07 Å². The van der Waals surface area contributed by atoms with Gasteiger partial charge in [-0.3, -0.25) is 9.69 Å². The predicted octanol–water partition coefficient (Wildman–Crippen LogP) is 2.97. The molecule has 1 N–H and O–H groups in total. The number of rotatable bonds is 7. The van der Waals surface area contributed by atoms with Crippen LogP contribution in [0.3, 0.4) is 0 Å². The van der Waals surface area contributed by atoms with Gasteiger partial charge in [-0.05, 0) is 31.9 Å². The van der Waals surface area contributed by atoms with Gasteiger partial charge in [0.15, 0.2) is 5.78 Å². The number of aliphatic hydroxyl groups is 1. The second-order valence-corrected chi connectivity index (χ2v) is 6.72. The first kappa shape index (κ1) is 17.7. The Morgan fingerprint density at radius 1 is 1.32 bits per heavy atom. The Morgan fingerprint density at radius 3 is 2.96 bits per heavy atom. The molecule has 0 saturated carbocycles. The number of ketones is 1. The third-order valence-corrected chi connectivity index (χ3v) is 5.11. The molecule has 25 heavy (non-hydrogen) atoms. The molecular weight excluding hydrogens is 314 g/mol. The number of benzene rings is 1. The van der Waals surface area contributed by atoms with E-state index >= 15 is 0 Å². The van der Waals surface area contributed by atoms with Crippen LogP contribution in [-0.4, -0.2) is 46.1 Å². The molecule has 1 fully saturated rings. The van der Waals surface area contributed by atoms with Crippen molar-refractivity contribution in [3.63, 3.8) is 0 Å². The number of hydrogen-bond acceptors (Lipinski definition) is 4. The van der Waals surface area contributed by atoms with Crippen molar-refractivity contribution in [1.29, 1.82) is 5.26 Å². The SMILES string of the molecule is N#CCCn1cc(C(=O)CN2CCCCC2CCO)c2ccccc21. The Balaban J connectivity index is 1.83. The summed E-state index contributed by atoms with van der Waals surface area (Å²) in [6, 6.07) is 10.4. The number of hydrogen-bond donors (Lipinski definition) is 1. The van der Waals surface area contributed by atoms with Crippen molar-refractivity contribution in [2.75, 3.05) is 19.7 Å². The summed E-state index contributed by atoms with van der Waals surface area (Å²) in [7, 11) is 0. The Labute approximate surface area is 148 Å². The van der Waals surface area contributed by atoms with Gasteiger partial charge in [-0.1, -0.05) is 24.6 Å². The van der Waals surface area contributed by atoms with Gasteiger partial charge in [0.25, 0.3) is 0 Å². The lowest BCUT2D eigenvalue weighted by atomic mass is 9.98. The molecule has 2 aromatic rings. The first-order valence-electron chi connectivity index (χ1n) is 9.07. The van der Waals surface area contributed by atoms with Crippen LogP contribution in [0.25, 0.3) is 10.9 Å². The van der Waals surface area contributed by atoms with E-state index in [1.54, 1.807) is 0 Å². The molecule has 1 aromatic carbocycles. The minimum atomic E-state index is 0.122. The first-order valence-corrected chi connectivity index (χ1v) is 9.07. The second-order valence-electron chi connectivity index (χ2n) is 6.72. The molecule has 0 spiro atoms. The Morgan fingerprint density at radius 2 is 2.16 bits per heavy atom. The van der Waals surface area contributed by atoms with Crippen molar-refractivity contribution < 1.29 is 9.90 Å². The number of likely N-dealkylation sites (tertiary alicyclic amines) is 1. The summed E-state index contributed by atoms with van der Waals surface area (Å²) in [5.41, 5.74) is 1.74. The molecule has 0 bridgehead atoms. The van der Waals surface area contributed by atoms with Crippen LogP contribution in [0.4, 0.5) is 0 Å². The zero-order chi connectivity index (χ0) is 17.6. The highest BCUT2D eigenvalue weighted by molar-refractivity contribution is 6.09. The van der Waals surface area contributed by atoms with E-state index in [0.717, 1.165) is 42.3 Å². The van der Waals surface area contributed by atoms with Gasteiger partial charge in [0.2, 0.25) is 0 Å². The molecule has 1 unspecified atom stereocenters. The minimum absolute atomic E-state index is 0.122. The summed E-state index contributed by atoms with van der Waals surface area (Å²) in [6.07, 6.45) is 6.39. The monoisotopic (exact) mass is 339 g/mol. The summed E-state index contributed by atoms with van der Waals surface area (Å²) in [4.78, 5) is 15.2. The molecule has 3 rings (SSSR count). The van der Waals surface area contributed by atoms with Crippen LogP contribution >= 0.6 is 0 Å². The van der Waals surface area contributed by atoms with E-state index in [4.69, 9.17) is 5.26 Å². The number of nitriles is 1. The molecule has 0 aliphatic carbocycles. The number of para-hydroxylation sites is 1. The molecule has 2 heterocycles. The van der Waals surface area contributed by atoms with Crippen LogP contribution in [-0.2, 0) is 6.54 Å². The lowest BCUT2D eigenvalue weighted by Gasteiger charge is -2.34. The van der Waals surface area contributed by atoms with Crippen LogP contribution in [0, 0.1) is 11.3 Å². The van der Waals surface area contributed by atoms with Gasteiger partial charge in [-0.2, -0.15) is 5.26 Å².